The molecule has 5 rings (SSSR count). The average Bonchev–Trinajstić information content (AvgIpc) is 3.39. The number of furan rings is 1. The molecule has 1 fully saturated rings. The minimum atomic E-state index is 0.604. The number of aromatic nitrogens is 2. The monoisotopic (exact) mass is 415 g/mol. The Bertz CT molecular complexity index is 1100. The molecular formula is C26H29N3O2. The van der Waals surface area contributed by atoms with Crippen molar-refractivity contribution < 1.29 is 9.15 Å². The number of hydrogen-bond acceptors (Lipinski definition) is 4. The van der Waals surface area contributed by atoms with E-state index in [2.05, 4.69) is 47.5 Å². The van der Waals surface area contributed by atoms with Gasteiger partial charge in [0.15, 0.2) is 5.76 Å². The first-order valence-electron chi connectivity index (χ1n) is 11.1. The van der Waals surface area contributed by atoms with Gasteiger partial charge in [-0.3, -0.25) is 9.58 Å². The highest BCUT2D eigenvalue weighted by molar-refractivity contribution is 5.82. The molecule has 0 spiro atoms. The number of para-hydroxylation sites is 1. The van der Waals surface area contributed by atoms with Gasteiger partial charge in [-0.15, -0.1) is 0 Å². The van der Waals surface area contributed by atoms with E-state index in [-0.39, 0.29) is 0 Å². The van der Waals surface area contributed by atoms with Crippen molar-refractivity contribution in [2.24, 2.45) is 5.92 Å². The van der Waals surface area contributed by atoms with E-state index in [1.165, 1.54) is 24.0 Å². The van der Waals surface area contributed by atoms with Crippen molar-refractivity contribution in [1.29, 1.82) is 0 Å². The summed E-state index contributed by atoms with van der Waals surface area (Å²) in [5.41, 5.74) is 4.30. The maximum atomic E-state index is 6.19. The van der Waals surface area contributed by atoms with Crippen LogP contribution in [0.3, 0.4) is 0 Å². The summed E-state index contributed by atoms with van der Waals surface area (Å²) in [6.45, 7) is 4.64. The van der Waals surface area contributed by atoms with Gasteiger partial charge in [0, 0.05) is 37.3 Å². The second-order valence-electron chi connectivity index (χ2n) is 8.53. The van der Waals surface area contributed by atoms with Crippen molar-refractivity contribution in [2.75, 3.05) is 26.8 Å². The maximum absolute atomic E-state index is 6.19. The molecule has 31 heavy (non-hydrogen) atoms. The molecule has 3 heterocycles. The van der Waals surface area contributed by atoms with Crippen molar-refractivity contribution in [1.82, 2.24) is 14.7 Å². The van der Waals surface area contributed by atoms with Gasteiger partial charge in [0.2, 0.25) is 0 Å². The van der Waals surface area contributed by atoms with E-state index in [9.17, 15) is 0 Å². The van der Waals surface area contributed by atoms with Crippen LogP contribution < -0.4 is 0 Å². The zero-order valence-electron chi connectivity index (χ0n) is 18.0. The second-order valence-corrected chi connectivity index (χ2v) is 8.53. The van der Waals surface area contributed by atoms with Gasteiger partial charge < -0.3 is 9.15 Å². The zero-order valence-corrected chi connectivity index (χ0v) is 18.0. The van der Waals surface area contributed by atoms with Crippen LogP contribution in [0.15, 0.2) is 71.3 Å². The predicted molar refractivity (Wildman–Crippen MR) is 123 cm³/mol. The Morgan fingerprint density at radius 1 is 1.06 bits per heavy atom. The molecule has 4 aromatic rings. The Kier molecular flexibility index (Phi) is 5.87. The van der Waals surface area contributed by atoms with Crippen LogP contribution in [0.4, 0.5) is 0 Å². The highest BCUT2D eigenvalue weighted by Gasteiger charge is 2.23. The fourth-order valence-corrected chi connectivity index (χ4v) is 4.64. The zero-order chi connectivity index (χ0) is 21.0. The third-order valence-electron chi connectivity index (χ3n) is 6.08. The first kappa shape index (κ1) is 20.0. The van der Waals surface area contributed by atoms with Gasteiger partial charge in [0.25, 0.3) is 0 Å². The molecule has 0 N–H and O–H groups in total. The van der Waals surface area contributed by atoms with Gasteiger partial charge >= 0.3 is 0 Å². The van der Waals surface area contributed by atoms with Crippen LogP contribution >= 0.6 is 0 Å². The summed E-state index contributed by atoms with van der Waals surface area (Å²) >= 11 is 0. The summed E-state index contributed by atoms with van der Waals surface area (Å²) < 4.78 is 13.7. The molecule has 0 amide bonds. The normalized spacial score (nSPS) is 17.4. The van der Waals surface area contributed by atoms with E-state index in [1.807, 2.05) is 28.9 Å². The van der Waals surface area contributed by atoms with E-state index in [0.29, 0.717) is 5.92 Å². The molecule has 5 nitrogen and oxygen atoms in total. The van der Waals surface area contributed by atoms with E-state index >= 15 is 0 Å². The number of nitrogens with zero attached hydrogens (tertiary/aromatic N) is 3. The molecule has 1 aliphatic heterocycles. The molecule has 0 bridgehead atoms. The van der Waals surface area contributed by atoms with Gasteiger partial charge in [0.05, 0.1) is 13.2 Å². The quantitative estimate of drug-likeness (QED) is 0.416. The SMILES string of the molecule is COC[C@H]1CCCN(Cc2cn(Cc3ccccc3)nc2-c2cc3ccccc3o2)C1. The van der Waals surface area contributed by atoms with E-state index in [4.69, 9.17) is 14.3 Å². The highest BCUT2D eigenvalue weighted by atomic mass is 16.5. The maximum Gasteiger partial charge on any atom is 0.156 e. The summed E-state index contributed by atoms with van der Waals surface area (Å²) in [4.78, 5) is 2.53. The van der Waals surface area contributed by atoms with Gasteiger partial charge in [-0.05, 0) is 43.0 Å². The Morgan fingerprint density at radius 3 is 2.74 bits per heavy atom. The lowest BCUT2D eigenvalue weighted by Crippen LogP contribution is -2.36. The molecule has 2 aromatic heterocycles. The molecule has 0 radical (unpaired) electrons. The minimum Gasteiger partial charge on any atom is -0.454 e. The lowest BCUT2D eigenvalue weighted by Gasteiger charge is -2.32. The van der Waals surface area contributed by atoms with Gasteiger partial charge in [-0.1, -0.05) is 48.5 Å². The van der Waals surface area contributed by atoms with Crippen LogP contribution in [-0.2, 0) is 17.8 Å². The van der Waals surface area contributed by atoms with Crippen molar-refractivity contribution in [3.05, 3.63) is 78.0 Å². The molecule has 2 aromatic carbocycles. The first-order valence-corrected chi connectivity index (χ1v) is 11.1. The highest BCUT2D eigenvalue weighted by Crippen LogP contribution is 2.31. The summed E-state index contributed by atoms with van der Waals surface area (Å²) in [6, 6.07) is 20.7. The predicted octanol–water partition coefficient (Wildman–Crippen LogP) is 5.20. The van der Waals surface area contributed by atoms with Gasteiger partial charge in [-0.25, -0.2) is 0 Å². The summed E-state index contributed by atoms with van der Waals surface area (Å²) in [5.74, 6) is 1.45. The number of rotatable bonds is 7. The molecule has 0 unspecified atom stereocenters. The molecule has 0 aliphatic carbocycles. The van der Waals surface area contributed by atoms with E-state index in [1.54, 1.807) is 7.11 Å². The number of likely N-dealkylation sites (tertiary alicyclic amines) is 1. The lowest BCUT2D eigenvalue weighted by atomic mass is 9.98. The van der Waals surface area contributed by atoms with Gasteiger partial charge in [0.1, 0.15) is 11.3 Å². The first-order chi connectivity index (χ1) is 15.3. The lowest BCUT2D eigenvalue weighted by molar-refractivity contribution is 0.0874. The Morgan fingerprint density at radius 2 is 1.90 bits per heavy atom. The molecule has 0 saturated carbocycles. The van der Waals surface area contributed by atoms with Crippen molar-refractivity contribution in [2.45, 2.75) is 25.9 Å². The summed E-state index contributed by atoms with van der Waals surface area (Å²) in [5, 5.41) is 6.07. The van der Waals surface area contributed by atoms with Gasteiger partial charge in [-0.2, -0.15) is 5.10 Å². The standard InChI is InChI=1S/C26H29N3O2/c1-30-19-21-10-7-13-28(15-21)17-23-18-29(16-20-8-3-2-4-9-20)27-26(23)25-14-22-11-5-6-12-24(22)31-25/h2-6,8-9,11-12,14,18,21H,7,10,13,15-17,19H2,1H3/t21-/m0/s1. The second kappa shape index (κ2) is 9.08. The van der Waals surface area contributed by atoms with Crippen molar-refractivity contribution in [3.8, 4) is 11.5 Å². The molecule has 1 aliphatic rings. The van der Waals surface area contributed by atoms with Crippen molar-refractivity contribution in [3.63, 3.8) is 0 Å². The third-order valence-corrected chi connectivity index (χ3v) is 6.08. The van der Waals surface area contributed by atoms with Crippen LogP contribution in [0.25, 0.3) is 22.4 Å². The molecule has 5 heteroatoms. The topological polar surface area (TPSA) is 43.4 Å². The Balaban J connectivity index is 1.46. The number of piperidine rings is 1. The molecule has 1 atom stereocenters. The van der Waals surface area contributed by atoms with Crippen LogP contribution in [-0.4, -0.2) is 41.5 Å². The van der Waals surface area contributed by atoms with E-state index < -0.39 is 0 Å². The Labute approximate surface area is 183 Å². The largest absolute Gasteiger partial charge is 0.454 e. The van der Waals surface area contributed by atoms with Crippen molar-refractivity contribution >= 4 is 11.0 Å². The summed E-state index contributed by atoms with van der Waals surface area (Å²) in [6.07, 6.45) is 4.65. The Hall–Kier alpha value is -2.89. The summed E-state index contributed by atoms with van der Waals surface area (Å²) in [7, 11) is 1.80. The van der Waals surface area contributed by atoms with Crippen LogP contribution in [0.5, 0.6) is 0 Å². The van der Waals surface area contributed by atoms with E-state index in [0.717, 1.165) is 55.2 Å². The fraction of sp³-hybridized carbons (Fsp3) is 0.346. The van der Waals surface area contributed by atoms with Crippen LogP contribution in [0.2, 0.25) is 0 Å². The number of ether oxygens (including phenoxy) is 1. The molecular weight excluding hydrogens is 386 g/mol. The smallest absolute Gasteiger partial charge is 0.156 e. The minimum absolute atomic E-state index is 0.604. The number of methoxy groups -OCH3 is 1. The van der Waals surface area contributed by atoms with Crippen LogP contribution in [0.1, 0.15) is 24.0 Å². The van der Waals surface area contributed by atoms with Crippen LogP contribution in [0, 0.1) is 5.92 Å². The fourth-order valence-electron chi connectivity index (χ4n) is 4.64. The number of benzene rings is 2. The number of hydrogen-bond donors (Lipinski definition) is 0. The number of fused-ring (bicyclic) bond motifs is 1. The average molecular weight is 416 g/mol. The molecule has 160 valence electrons. The molecule has 1 saturated heterocycles. The third kappa shape index (κ3) is 4.58.